The summed E-state index contributed by atoms with van der Waals surface area (Å²) in [5.41, 5.74) is 4.05. The Balaban J connectivity index is 1.47. The van der Waals surface area contributed by atoms with Crippen molar-refractivity contribution in [3.05, 3.63) is 60.1 Å². The summed E-state index contributed by atoms with van der Waals surface area (Å²) in [6.07, 6.45) is 9.76. The van der Waals surface area contributed by atoms with Gasteiger partial charge in [0.2, 0.25) is 5.91 Å². The first-order valence-corrected chi connectivity index (χ1v) is 12.1. The monoisotopic (exact) mass is 481 g/mol. The highest BCUT2D eigenvalue weighted by Gasteiger charge is 2.20. The van der Waals surface area contributed by atoms with Crippen LogP contribution in [0.4, 0.5) is 5.82 Å². The first-order valence-electron chi connectivity index (χ1n) is 12.1. The summed E-state index contributed by atoms with van der Waals surface area (Å²) in [5, 5.41) is 6.20. The average Bonchev–Trinajstić information content (AvgIpc) is 2.87. The summed E-state index contributed by atoms with van der Waals surface area (Å²) in [6, 6.07) is 9.62. The number of aromatic nitrogens is 2. The third-order valence-corrected chi connectivity index (χ3v) is 5.41. The van der Waals surface area contributed by atoms with E-state index in [9.17, 15) is 9.59 Å². The van der Waals surface area contributed by atoms with Crippen LogP contribution in [-0.4, -0.2) is 47.3 Å². The molecule has 9 heteroatoms. The Kier molecular flexibility index (Phi) is 10.7. The molecule has 1 fully saturated rings. The fourth-order valence-corrected chi connectivity index (χ4v) is 3.60. The van der Waals surface area contributed by atoms with Crippen molar-refractivity contribution in [1.82, 2.24) is 20.8 Å². The second-order valence-electron chi connectivity index (χ2n) is 8.89. The number of hydrogen-bond donors (Lipinski definition) is 3. The van der Waals surface area contributed by atoms with E-state index in [4.69, 9.17) is 9.57 Å². The maximum absolute atomic E-state index is 12.8. The van der Waals surface area contributed by atoms with E-state index in [1.54, 1.807) is 12.3 Å². The van der Waals surface area contributed by atoms with Crippen molar-refractivity contribution >= 4 is 23.7 Å². The highest BCUT2D eigenvalue weighted by Crippen LogP contribution is 2.13. The van der Waals surface area contributed by atoms with E-state index in [-0.39, 0.29) is 5.91 Å². The lowest BCUT2D eigenvalue weighted by atomic mass is 10.0. The van der Waals surface area contributed by atoms with Crippen LogP contribution in [0.15, 0.2) is 48.8 Å². The summed E-state index contributed by atoms with van der Waals surface area (Å²) < 4.78 is 5.40. The predicted octanol–water partition coefficient (Wildman–Crippen LogP) is 3.25. The maximum atomic E-state index is 12.8. The van der Waals surface area contributed by atoms with Crippen molar-refractivity contribution in [3.63, 3.8) is 0 Å². The zero-order valence-corrected chi connectivity index (χ0v) is 20.4. The molecule has 1 unspecified atom stereocenters. The number of anilines is 1. The summed E-state index contributed by atoms with van der Waals surface area (Å²) in [7, 11) is 0. The Bertz CT molecular complexity index is 944. The molecule has 3 rings (SSSR count). The van der Waals surface area contributed by atoms with Crippen LogP contribution in [0.1, 0.15) is 50.8 Å². The predicted molar refractivity (Wildman–Crippen MR) is 134 cm³/mol. The lowest BCUT2D eigenvalue weighted by molar-refractivity contribution is -0.198. The molecular weight excluding hydrogens is 446 g/mol. The van der Waals surface area contributed by atoms with Gasteiger partial charge in [-0.1, -0.05) is 44.2 Å². The minimum Gasteiger partial charge on any atom is -0.357 e. The Morgan fingerprint density at radius 3 is 2.69 bits per heavy atom. The minimum absolute atomic E-state index is 0.0704. The van der Waals surface area contributed by atoms with E-state index in [0.717, 1.165) is 25.7 Å². The van der Waals surface area contributed by atoms with Crippen molar-refractivity contribution in [2.24, 2.45) is 5.92 Å². The van der Waals surface area contributed by atoms with Gasteiger partial charge in [-0.25, -0.2) is 15.3 Å². The molecule has 188 valence electrons. The molecular formula is C26H35N5O4. The number of rotatable bonds is 12. The number of amides is 2. The van der Waals surface area contributed by atoms with Gasteiger partial charge in [-0.15, -0.1) is 0 Å². The van der Waals surface area contributed by atoms with Crippen LogP contribution < -0.4 is 16.1 Å². The van der Waals surface area contributed by atoms with Gasteiger partial charge >= 0.3 is 0 Å². The van der Waals surface area contributed by atoms with Crippen LogP contribution in [0.25, 0.3) is 6.08 Å². The van der Waals surface area contributed by atoms with Crippen LogP contribution in [-0.2, 0) is 25.6 Å². The Labute approximate surface area is 206 Å². The summed E-state index contributed by atoms with van der Waals surface area (Å²) in [5.74, 6) is 0.335. The highest BCUT2D eigenvalue weighted by atomic mass is 16.8. The van der Waals surface area contributed by atoms with Gasteiger partial charge < -0.3 is 15.4 Å². The Morgan fingerprint density at radius 2 is 2.00 bits per heavy atom. The van der Waals surface area contributed by atoms with Gasteiger partial charge in [0.25, 0.3) is 5.91 Å². The summed E-state index contributed by atoms with van der Waals surface area (Å²) >= 11 is 0. The van der Waals surface area contributed by atoms with Gasteiger partial charge in [-0.3, -0.25) is 14.6 Å². The van der Waals surface area contributed by atoms with E-state index < -0.39 is 18.2 Å². The molecule has 2 amide bonds. The van der Waals surface area contributed by atoms with Crippen molar-refractivity contribution in [2.45, 2.75) is 58.3 Å². The number of nitrogens with zero attached hydrogens (tertiary/aromatic N) is 2. The molecule has 0 bridgehead atoms. The molecule has 0 spiro atoms. The molecule has 0 saturated carbocycles. The number of nitrogens with one attached hydrogen (secondary N) is 3. The quantitative estimate of drug-likeness (QED) is 0.315. The van der Waals surface area contributed by atoms with Gasteiger partial charge in [0.1, 0.15) is 11.9 Å². The Morgan fingerprint density at radius 1 is 1.17 bits per heavy atom. The maximum Gasteiger partial charge on any atom is 0.267 e. The second-order valence-corrected chi connectivity index (χ2v) is 8.89. The van der Waals surface area contributed by atoms with E-state index in [2.05, 4.69) is 39.9 Å². The highest BCUT2D eigenvalue weighted by molar-refractivity contribution is 5.90. The molecule has 1 aromatic carbocycles. The topological polar surface area (TPSA) is 114 Å². The average molecular weight is 482 g/mol. The van der Waals surface area contributed by atoms with Crippen LogP contribution in [0.2, 0.25) is 0 Å². The first-order chi connectivity index (χ1) is 17.0. The van der Waals surface area contributed by atoms with Gasteiger partial charge in [-0.05, 0) is 43.2 Å². The number of carbonyl (C=O) groups is 2. The molecule has 2 atom stereocenters. The number of hydroxylamine groups is 1. The van der Waals surface area contributed by atoms with Gasteiger partial charge in [0, 0.05) is 25.6 Å². The standard InChI is InChI=1S/C26H35N5O4/c1-19(2)16-22(26(33)27-14-13-20-8-4-3-5-9-20)30-23-18-28-21(17-29-23)11-12-24(32)31-35-25-10-6-7-15-34-25/h3-5,8-9,11-12,17-19,22,25H,6-7,10,13-16H2,1-2H3,(H,27,33)(H,29,30)(H,31,32)/b12-11+/t22-,25?/m1/s1. The van der Waals surface area contributed by atoms with Crippen molar-refractivity contribution < 1.29 is 19.2 Å². The molecule has 1 aromatic heterocycles. The lowest BCUT2D eigenvalue weighted by Crippen LogP contribution is -2.41. The van der Waals surface area contributed by atoms with Gasteiger partial charge in [-0.2, -0.15) is 0 Å². The van der Waals surface area contributed by atoms with E-state index in [1.807, 2.05) is 30.3 Å². The fraction of sp³-hybridized carbons (Fsp3) is 0.462. The third-order valence-electron chi connectivity index (χ3n) is 5.41. The molecule has 0 aliphatic carbocycles. The van der Waals surface area contributed by atoms with Crippen molar-refractivity contribution in [3.8, 4) is 0 Å². The first kappa shape index (κ1) is 26.3. The molecule has 1 aliphatic rings. The van der Waals surface area contributed by atoms with Crippen LogP contribution in [0.5, 0.6) is 0 Å². The molecule has 0 radical (unpaired) electrons. The van der Waals surface area contributed by atoms with Gasteiger partial charge in [0.15, 0.2) is 6.29 Å². The van der Waals surface area contributed by atoms with Crippen LogP contribution in [0.3, 0.4) is 0 Å². The largest absolute Gasteiger partial charge is 0.357 e. The van der Waals surface area contributed by atoms with Crippen molar-refractivity contribution in [1.29, 1.82) is 0 Å². The number of carbonyl (C=O) groups excluding carboxylic acids is 2. The van der Waals surface area contributed by atoms with E-state index >= 15 is 0 Å². The normalized spacial score (nSPS) is 16.7. The van der Waals surface area contributed by atoms with Crippen LogP contribution >= 0.6 is 0 Å². The number of ether oxygens (including phenoxy) is 1. The number of benzene rings is 1. The molecule has 1 saturated heterocycles. The number of hydrogen-bond acceptors (Lipinski definition) is 7. The van der Waals surface area contributed by atoms with E-state index in [0.29, 0.717) is 37.0 Å². The summed E-state index contributed by atoms with van der Waals surface area (Å²) in [4.78, 5) is 38.6. The zero-order chi connectivity index (χ0) is 24.9. The molecule has 9 nitrogen and oxygen atoms in total. The van der Waals surface area contributed by atoms with E-state index in [1.165, 1.54) is 17.8 Å². The third kappa shape index (κ3) is 9.84. The molecule has 2 aromatic rings. The Hall–Kier alpha value is -3.30. The fourth-order valence-electron chi connectivity index (χ4n) is 3.60. The SMILES string of the molecule is CC(C)C[C@@H](Nc1cnc(/C=C/C(=O)NOC2CCCCO2)cn1)C(=O)NCCc1ccccc1. The zero-order valence-electron chi connectivity index (χ0n) is 20.4. The molecule has 35 heavy (non-hydrogen) atoms. The lowest BCUT2D eigenvalue weighted by Gasteiger charge is -2.21. The van der Waals surface area contributed by atoms with Gasteiger partial charge in [0.05, 0.1) is 18.1 Å². The van der Waals surface area contributed by atoms with Crippen molar-refractivity contribution in [2.75, 3.05) is 18.5 Å². The van der Waals surface area contributed by atoms with Crippen LogP contribution in [0, 0.1) is 5.92 Å². The molecule has 3 N–H and O–H groups in total. The molecule has 1 aliphatic heterocycles. The minimum atomic E-state index is -0.425. The molecule has 2 heterocycles. The summed E-state index contributed by atoms with van der Waals surface area (Å²) in [6.45, 7) is 5.34. The second kappa shape index (κ2) is 14.2. The smallest absolute Gasteiger partial charge is 0.267 e.